The normalized spacial score (nSPS) is 13.7. The molecule has 0 atom stereocenters. The Morgan fingerprint density at radius 3 is 0.750 bits per heavy atom. The van der Waals surface area contributed by atoms with Crippen LogP contribution >= 0.6 is 7.82 Å². The molecule has 0 rings (SSSR count). The Balaban J connectivity index is 6.48. The van der Waals surface area contributed by atoms with Gasteiger partial charge in [-0.15, -0.1) is 0 Å². The summed E-state index contributed by atoms with van der Waals surface area (Å²) < 4.78 is 34.7. The summed E-state index contributed by atoms with van der Waals surface area (Å²) in [6, 6.07) is 0. The minimum Gasteiger partial charge on any atom is -0.280 e. The lowest BCUT2D eigenvalue weighted by atomic mass is 9.90. The van der Waals surface area contributed by atoms with Crippen molar-refractivity contribution in [2.75, 3.05) is 0 Å². The van der Waals surface area contributed by atoms with E-state index in [-0.39, 0.29) is 0 Å². The lowest BCUT2D eigenvalue weighted by Gasteiger charge is -2.43. The zero-order valence-electron chi connectivity index (χ0n) is 23.2. The van der Waals surface area contributed by atoms with Crippen LogP contribution in [0.1, 0.15) is 159 Å². The number of phosphoric acid groups is 1. The van der Waals surface area contributed by atoms with Crippen LogP contribution < -0.4 is 0 Å². The Morgan fingerprint density at radius 2 is 0.625 bits per heavy atom. The van der Waals surface area contributed by atoms with Crippen LogP contribution in [-0.4, -0.2) is 16.8 Å². The monoisotopic (exact) mass is 476 g/mol. The molecule has 32 heavy (non-hydrogen) atoms. The molecule has 0 aliphatic carbocycles. The molecule has 0 aromatic heterocycles. The Morgan fingerprint density at radius 1 is 0.438 bits per heavy atom. The average molecular weight is 477 g/mol. The first kappa shape index (κ1) is 32.1. The van der Waals surface area contributed by atoms with Gasteiger partial charge in [0.15, 0.2) is 0 Å². The summed E-state index contributed by atoms with van der Waals surface area (Å²) in [7, 11) is -3.81. The van der Waals surface area contributed by atoms with Crippen LogP contribution in [-0.2, 0) is 18.1 Å². The van der Waals surface area contributed by atoms with Gasteiger partial charge >= 0.3 is 7.82 Å². The standard InChI is InChI=1S/C27H57O4P/c1-10-19-25(16-7,20-11-2)29-32(28,30-26(17-8,21-12-3)22-13-4)31-27(18-9,23-14-5)24-15-6/h10-24H2,1-9H3. The summed E-state index contributed by atoms with van der Waals surface area (Å²) in [5, 5.41) is 0. The third kappa shape index (κ3) is 9.77. The van der Waals surface area contributed by atoms with Crippen molar-refractivity contribution in [3.05, 3.63) is 0 Å². The third-order valence-corrected chi connectivity index (χ3v) is 8.92. The highest BCUT2D eigenvalue weighted by Crippen LogP contribution is 2.62. The van der Waals surface area contributed by atoms with E-state index in [0.717, 1.165) is 96.3 Å². The summed E-state index contributed by atoms with van der Waals surface area (Å²) >= 11 is 0. The highest BCUT2D eigenvalue weighted by Gasteiger charge is 2.48. The molecule has 0 aliphatic rings. The molecule has 0 N–H and O–H groups in total. The van der Waals surface area contributed by atoms with E-state index in [4.69, 9.17) is 13.6 Å². The molecule has 0 aliphatic heterocycles. The first-order valence-electron chi connectivity index (χ1n) is 13.9. The molecule has 0 saturated carbocycles. The minimum absolute atomic E-state index is 0.463. The Bertz CT molecular complexity index is 430. The van der Waals surface area contributed by atoms with Crippen LogP contribution in [0.15, 0.2) is 0 Å². The van der Waals surface area contributed by atoms with Crippen LogP contribution in [0.25, 0.3) is 0 Å². The molecule has 5 heteroatoms. The van der Waals surface area contributed by atoms with Crippen molar-refractivity contribution in [2.45, 2.75) is 175 Å². The SMILES string of the molecule is CCCC(CC)(CCC)OP(=O)(OC(CC)(CCC)CCC)OC(CC)(CCC)CCC. The van der Waals surface area contributed by atoms with Gasteiger partial charge in [0.2, 0.25) is 0 Å². The summed E-state index contributed by atoms with van der Waals surface area (Å²) in [4.78, 5) is 0. The van der Waals surface area contributed by atoms with Crippen molar-refractivity contribution < 1.29 is 18.1 Å². The van der Waals surface area contributed by atoms with Crippen molar-refractivity contribution in [1.82, 2.24) is 0 Å². The van der Waals surface area contributed by atoms with Gasteiger partial charge in [0.05, 0.1) is 16.8 Å². The van der Waals surface area contributed by atoms with E-state index >= 15 is 0 Å². The smallest absolute Gasteiger partial charge is 0.280 e. The molecule has 0 radical (unpaired) electrons. The fourth-order valence-electron chi connectivity index (χ4n) is 5.40. The van der Waals surface area contributed by atoms with E-state index in [1.807, 2.05) is 0 Å². The van der Waals surface area contributed by atoms with Crippen LogP contribution in [0.2, 0.25) is 0 Å². The Kier molecular flexibility index (Phi) is 16.0. The van der Waals surface area contributed by atoms with Gasteiger partial charge in [-0.25, -0.2) is 4.57 Å². The second-order valence-electron chi connectivity index (χ2n) is 9.83. The summed E-state index contributed by atoms with van der Waals surface area (Å²) in [5.41, 5.74) is -1.39. The highest BCUT2D eigenvalue weighted by molar-refractivity contribution is 7.48. The average Bonchev–Trinajstić information content (AvgIpc) is 2.74. The topological polar surface area (TPSA) is 44.8 Å². The number of rotatable bonds is 21. The summed E-state index contributed by atoms with van der Waals surface area (Å²) in [6.45, 7) is 19.5. The fraction of sp³-hybridized carbons (Fsp3) is 1.00. The molecule has 0 saturated heterocycles. The molecule has 0 fully saturated rings. The maximum atomic E-state index is 14.7. The van der Waals surface area contributed by atoms with E-state index in [2.05, 4.69) is 62.3 Å². The predicted molar refractivity (Wildman–Crippen MR) is 139 cm³/mol. The predicted octanol–water partition coefficient (Wildman–Crippen LogP) is 10.4. The van der Waals surface area contributed by atoms with Gasteiger partial charge < -0.3 is 0 Å². The van der Waals surface area contributed by atoms with E-state index < -0.39 is 24.6 Å². The molecule has 194 valence electrons. The minimum atomic E-state index is -3.81. The molecule has 0 aromatic carbocycles. The lowest BCUT2D eigenvalue weighted by Crippen LogP contribution is -2.39. The summed E-state index contributed by atoms with van der Waals surface area (Å²) in [5.74, 6) is 0. The van der Waals surface area contributed by atoms with Crippen molar-refractivity contribution in [2.24, 2.45) is 0 Å². The molecule has 4 nitrogen and oxygen atoms in total. The van der Waals surface area contributed by atoms with Gasteiger partial charge in [-0.05, 0) is 57.8 Å². The molecule has 0 heterocycles. The van der Waals surface area contributed by atoms with Gasteiger partial charge in [-0.3, -0.25) is 13.6 Å². The second kappa shape index (κ2) is 15.9. The molecule has 0 amide bonds. The van der Waals surface area contributed by atoms with E-state index in [9.17, 15) is 4.57 Å². The van der Waals surface area contributed by atoms with E-state index in [0.29, 0.717) is 0 Å². The second-order valence-corrected chi connectivity index (χ2v) is 11.3. The molecule has 0 aromatic rings. The molecular formula is C27H57O4P. The van der Waals surface area contributed by atoms with E-state index in [1.54, 1.807) is 0 Å². The van der Waals surface area contributed by atoms with Crippen LogP contribution in [0.3, 0.4) is 0 Å². The summed E-state index contributed by atoms with van der Waals surface area (Å²) in [6.07, 6.45) is 13.6. The zero-order valence-corrected chi connectivity index (χ0v) is 24.1. The number of hydrogen-bond donors (Lipinski definition) is 0. The third-order valence-electron chi connectivity index (χ3n) is 7.08. The van der Waals surface area contributed by atoms with Crippen molar-refractivity contribution in [1.29, 1.82) is 0 Å². The molecular weight excluding hydrogens is 419 g/mol. The number of phosphoric ester groups is 1. The van der Waals surface area contributed by atoms with Gasteiger partial charge in [-0.1, -0.05) is 101 Å². The highest BCUT2D eigenvalue weighted by atomic mass is 31.2. The molecule has 0 unspecified atom stereocenters. The van der Waals surface area contributed by atoms with E-state index in [1.165, 1.54) is 0 Å². The lowest BCUT2D eigenvalue weighted by molar-refractivity contribution is -0.0845. The quantitative estimate of drug-likeness (QED) is 0.155. The maximum absolute atomic E-state index is 14.7. The van der Waals surface area contributed by atoms with Gasteiger partial charge in [0, 0.05) is 0 Å². The first-order valence-corrected chi connectivity index (χ1v) is 15.3. The van der Waals surface area contributed by atoms with Gasteiger partial charge in [0.25, 0.3) is 0 Å². The maximum Gasteiger partial charge on any atom is 0.476 e. The Labute approximate surface area is 201 Å². The van der Waals surface area contributed by atoms with Crippen LogP contribution in [0.5, 0.6) is 0 Å². The molecule has 0 spiro atoms. The Hall–Kier alpha value is 0.110. The first-order chi connectivity index (χ1) is 15.2. The largest absolute Gasteiger partial charge is 0.476 e. The van der Waals surface area contributed by atoms with Crippen LogP contribution in [0, 0.1) is 0 Å². The van der Waals surface area contributed by atoms with Crippen molar-refractivity contribution >= 4 is 7.82 Å². The van der Waals surface area contributed by atoms with Crippen molar-refractivity contribution in [3.8, 4) is 0 Å². The van der Waals surface area contributed by atoms with Crippen LogP contribution in [0.4, 0.5) is 0 Å². The van der Waals surface area contributed by atoms with Crippen molar-refractivity contribution in [3.63, 3.8) is 0 Å². The van der Waals surface area contributed by atoms with Gasteiger partial charge in [0.1, 0.15) is 0 Å². The number of hydrogen-bond acceptors (Lipinski definition) is 4. The molecule has 0 bridgehead atoms. The van der Waals surface area contributed by atoms with Gasteiger partial charge in [-0.2, -0.15) is 0 Å². The zero-order chi connectivity index (χ0) is 24.7. The fourth-order valence-corrected chi connectivity index (χ4v) is 7.87.